The van der Waals surface area contributed by atoms with Gasteiger partial charge in [0.15, 0.2) is 0 Å². The van der Waals surface area contributed by atoms with E-state index in [-0.39, 0.29) is 29.2 Å². The van der Waals surface area contributed by atoms with E-state index in [2.05, 4.69) is 0 Å². The fourth-order valence-electron chi connectivity index (χ4n) is 2.03. The molecule has 1 aromatic carbocycles. The van der Waals surface area contributed by atoms with E-state index in [9.17, 15) is 14.9 Å². The Kier molecular flexibility index (Phi) is 4.82. The average Bonchev–Trinajstić information content (AvgIpc) is 2.29. The molecule has 2 atom stereocenters. The molecule has 1 rings (SSSR count). The van der Waals surface area contributed by atoms with Crippen LogP contribution in [0.5, 0.6) is 0 Å². The van der Waals surface area contributed by atoms with Gasteiger partial charge in [-0.25, -0.2) is 0 Å². The summed E-state index contributed by atoms with van der Waals surface area (Å²) < 4.78 is 0. The first kappa shape index (κ1) is 13.4. The highest BCUT2D eigenvalue weighted by Gasteiger charge is 2.29. The summed E-state index contributed by atoms with van der Waals surface area (Å²) in [7, 11) is 0. The van der Waals surface area contributed by atoms with Crippen LogP contribution in [0.25, 0.3) is 0 Å². The van der Waals surface area contributed by atoms with E-state index in [4.69, 9.17) is 0 Å². The molecular weight excluding hydrogens is 218 g/mol. The minimum Gasteiger partial charge on any atom is -0.303 e. The lowest BCUT2D eigenvalue weighted by molar-refractivity contribution is -0.484. The Labute approximate surface area is 101 Å². The number of nitrogens with zero attached hydrogens (tertiary/aromatic N) is 1. The van der Waals surface area contributed by atoms with Crippen molar-refractivity contribution in [1.29, 1.82) is 0 Å². The van der Waals surface area contributed by atoms with Crippen molar-refractivity contribution in [2.75, 3.05) is 6.54 Å². The summed E-state index contributed by atoms with van der Waals surface area (Å²) in [6.45, 7) is 3.62. The molecule has 0 saturated heterocycles. The average molecular weight is 235 g/mol. The lowest BCUT2D eigenvalue weighted by atomic mass is 9.80. The topological polar surface area (TPSA) is 60.2 Å². The molecule has 0 spiro atoms. The maximum Gasteiger partial charge on any atom is 0.211 e. The molecule has 0 N–H and O–H groups in total. The van der Waals surface area contributed by atoms with Gasteiger partial charge in [-0.3, -0.25) is 10.1 Å². The third kappa shape index (κ3) is 3.66. The Hall–Kier alpha value is -1.71. The van der Waals surface area contributed by atoms with Crippen molar-refractivity contribution in [3.05, 3.63) is 46.0 Å². The van der Waals surface area contributed by atoms with Crippen LogP contribution in [0.15, 0.2) is 30.3 Å². The van der Waals surface area contributed by atoms with Crippen molar-refractivity contribution >= 4 is 6.29 Å². The predicted molar refractivity (Wildman–Crippen MR) is 65.4 cm³/mol. The van der Waals surface area contributed by atoms with Gasteiger partial charge in [-0.2, -0.15) is 0 Å². The van der Waals surface area contributed by atoms with E-state index in [0.29, 0.717) is 0 Å². The van der Waals surface area contributed by atoms with Gasteiger partial charge >= 0.3 is 0 Å². The van der Waals surface area contributed by atoms with E-state index < -0.39 is 0 Å². The van der Waals surface area contributed by atoms with E-state index in [1.807, 2.05) is 44.2 Å². The van der Waals surface area contributed by atoms with E-state index >= 15 is 0 Å². The van der Waals surface area contributed by atoms with E-state index in [0.717, 1.165) is 11.8 Å². The Morgan fingerprint density at radius 3 is 2.29 bits per heavy atom. The highest BCUT2D eigenvalue weighted by Crippen LogP contribution is 2.29. The van der Waals surface area contributed by atoms with Crippen LogP contribution in [0.3, 0.4) is 0 Å². The van der Waals surface area contributed by atoms with Crippen LogP contribution in [-0.2, 0) is 4.79 Å². The molecule has 0 amide bonds. The van der Waals surface area contributed by atoms with Crippen LogP contribution in [-0.4, -0.2) is 17.8 Å². The molecule has 0 radical (unpaired) electrons. The molecule has 4 nitrogen and oxygen atoms in total. The number of carbonyl (C=O) groups excluding carboxylic acids is 1. The summed E-state index contributed by atoms with van der Waals surface area (Å²) in [6, 6.07) is 9.22. The maximum atomic E-state index is 11.1. The number of nitro groups is 1. The second-order valence-electron chi connectivity index (χ2n) is 4.49. The summed E-state index contributed by atoms with van der Waals surface area (Å²) in [5, 5.41) is 10.7. The van der Waals surface area contributed by atoms with Gasteiger partial charge in [-0.05, 0) is 11.5 Å². The van der Waals surface area contributed by atoms with Crippen molar-refractivity contribution in [3.8, 4) is 0 Å². The van der Waals surface area contributed by atoms with Gasteiger partial charge in [0.2, 0.25) is 6.54 Å². The number of hydrogen-bond donors (Lipinski definition) is 0. The molecule has 0 bridgehead atoms. The van der Waals surface area contributed by atoms with Crippen LogP contribution in [0.4, 0.5) is 0 Å². The SMILES string of the molecule is CC(C)[C@H](C=O)[C@H](C[N+](=O)[O-])c1ccccc1. The number of hydrogen-bond acceptors (Lipinski definition) is 3. The number of benzene rings is 1. The summed E-state index contributed by atoms with van der Waals surface area (Å²) >= 11 is 0. The zero-order valence-corrected chi connectivity index (χ0v) is 10.1. The molecule has 0 saturated carbocycles. The van der Waals surface area contributed by atoms with Gasteiger partial charge in [0.25, 0.3) is 0 Å². The van der Waals surface area contributed by atoms with Gasteiger partial charge in [0.05, 0.1) is 5.92 Å². The summed E-state index contributed by atoms with van der Waals surface area (Å²) in [5.74, 6) is -0.566. The number of carbonyl (C=O) groups is 1. The normalized spacial score (nSPS) is 14.3. The van der Waals surface area contributed by atoms with E-state index in [1.54, 1.807) is 0 Å². The number of rotatable bonds is 6. The smallest absolute Gasteiger partial charge is 0.211 e. The molecule has 0 aliphatic carbocycles. The lowest BCUT2D eigenvalue weighted by Gasteiger charge is -2.22. The Morgan fingerprint density at radius 2 is 1.88 bits per heavy atom. The highest BCUT2D eigenvalue weighted by atomic mass is 16.6. The summed E-state index contributed by atoms with van der Waals surface area (Å²) in [6.07, 6.45) is 0.839. The first-order valence-electron chi connectivity index (χ1n) is 5.68. The number of aldehydes is 1. The molecule has 17 heavy (non-hydrogen) atoms. The van der Waals surface area contributed by atoms with Crippen molar-refractivity contribution in [1.82, 2.24) is 0 Å². The monoisotopic (exact) mass is 235 g/mol. The van der Waals surface area contributed by atoms with Crippen LogP contribution >= 0.6 is 0 Å². The quantitative estimate of drug-likeness (QED) is 0.432. The molecule has 4 heteroatoms. The van der Waals surface area contributed by atoms with Crippen LogP contribution in [0, 0.1) is 22.0 Å². The second kappa shape index (κ2) is 6.13. The Morgan fingerprint density at radius 1 is 1.29 bits per heavy atom. The van der Waals surface area contributed by atoms with Gasteiger partial charge in [-0.1, -0.05) is 44.2 Å². The molecule has 0 heterocycles. The second-order valence-corrected chi connectivity index (χ2v) is 4.49. The molecule has 0 fully saturated rings. The van der Waals surface area contributed by atoms with Crippen molar-refractivity contribution in [2.24, 2.45) is 11.8 Å². The molecule has 0 aliphatic heterocycles. The molecule has 0 aromatic heterocycles. The lowest BCUT2D eigenvalue weighted by Crippen LogP contribution is -2.26. The first-order chi connectivity index (χ1) is 8.06. The van der Waals surface area contributed by atoms with Crippen LogP contribution in [0.1, 0.15) is 25.3 Å². The van der Waals surface area contributed by atoms with Gasteiger partial charge in [-0.15, -0.1) is 0 Å². The Balaban J connectivity index is 3.02. The summed E-state index contributed by atoms with van der Waals surface area (Å²) in [5.41, 5.74) is 0.856. The minimum atomic E-state index is -0.351. The van der Waals surface area contributed by atoms with Gasteiger partial charge in [0, 0.05) is 10.8 Å². The van der Waals surface area contributed by atoms with Crippen LogP contribution in [0.2, 0.25) is 0 Å². The van der Waals surface area contributed by atoms with E-state index in [1.165, 1.54) is 0 Å². The predicted octanol–water partition coefficient (Wildman–Crippen LogP) is 2.52. The van der Waals surface area contributed by atoms with Crippen molar-refractivity contribution in [3.63, 3.8) is 0 Å². The molecular formula is C13H17NO3. The fourth-order valence-corrected chi connectivity index (χ4v) is 2.03. The minimum absolute atomic E-state index is 0.0951. The zero-order valence-electron chi connectivity index (χ0n) is 10.1. The highest BCUT2D eigenvalue weighted by molar-refractivity contribution is 5.56. The van der Waals surface area contributed by atoms with Crippen LogP contribution < -0.4 is 0 Å². The largest absolute Gasteiger partial charge is 0.303 e. The fraction of sp³-hybridized carbons (Fsp3) is 0.462. The van der Waals surface area contributed by atoms with Crippen molar-refractivity contribution in [2.45, 2.75) is 19.8 Å². The van der Waals surface area contributed by atoms with Gasteiger partial charge in [0.1, 0.15) is 6.29 Å². The zero-order chi connectivity index (χ0) is 12.8. The van der Waals surface area contributed by atoms with Crippen molar-refractivity contribution < 1.29 is 9.72 Å². The third-order valence-corrected chi connectivity index (χ3v) is 2.97. The molecule has 92 valence electrons. The van der Waals surface area contributed by atoms with Gasteiger partial charge < -0.3 is 4.79 Å². The Bertz CT molecular complexity index is 376. The first-order valence-corrected chi connectivity index (χ1v) is 5.68. The molecule has 0 unspecified atom stereocenters. The maximum absolute atomic E-state index is 11.1. The third-order valence-electron chi connectivity index (χ3n) is 2.97. The standard InChI is InChI=1S/C13H17NO3/c1-10(2)13(9-15)12(8-14(16)17)11-6-4-3-5-7-11/h3-7,9-10,12-13H,8H2,1-2H3/t12-,13+/m1/s1. The molecule has 0 aliphatic rings. The summed E-state index contributed by atoms with van der Waals surface area (Å²) in [4.78, 5) is 21.5. The molecule has 1 aromatic rings.